The highest BCUT2D eigenvalue weighted by molar-refractivity contribution is 5.34. The van der Waals surface area contributed by atoms with Crippen LogP contribution in [0.1, 0.15) is 46.2 Å². The summed E-state index contributed by atoms with van der Waals surface area (Å²) in [5.41, 5.74) is 1.08. The van der Waals surface area contributed by atoms with Crippen LogP contribution < -0.4 is 10.1 Å². The van der Waals surface area contributed by atoms with Crippen molar-refractivity contribution >= 4 is 0 Å². The van der Waals surface area contributed by atoms with E-state index in [1.807, 2.05) is 23.1 Å². The number of aromatic nitrogens is 3. The van der Waals surface area contributed by atoms with Gasteiger partial charge >= 0.3 is 0 Å². The van der Waals surface area contributed by atoms with E-state index in [2.05, 4.69) is 50.0 Å². The van der Waals surface area contributed by atoms with E-state index in [1.165, 1.54) is 0 Å². The number of ether oxygens (including phenoxy) is 1. The van der Waals surface area contributed by atoms with Crippen LogP contribution in [0.3, 0.4) is 0 Å². The number of nitrogens with zero attached hydrogens (tertiary/aromatic N) is 3. The fourth-order valence-electron chi connectivity index (χ4n) is 1.79. The lowest BCUT2D eigenvalue weighted by Crippen LogP contribution is -2.35. The Morgan fingerprint density at radius 3 is 2.67 bits per heavy atom. The SMILES string of the molecule is CC(C)n1cc(Oc2ccncc2CNC(C)(C)C)cn1. The zero-order chi connectivity index (χ0) is 15.5. The van der Waals surface area contributed by atoms with Gasteiger partial charge in [0.05, 0.1) is 12.4 Å². The molecule has 2 rings (SSSR count). The first-order valence-electron chi connectivity index (χ1n) is 7.25. The number of hydrogen-bond donors (Lipinski definition) is 1. The number of nitrogens with one attached hydrogen (secondary N) is 1. The van der Waals surface area contributed by atoms with Gasteiger partial charge in [0.25, 0.3) is 0 Å². The Morgan fingerprint density at radius 2 is 2.05 bits per heavy atom. The van der Waals surface area contributed by atoms with Crippen LogP contribution in [-0.4, -0.2) is 20.3 Å². The maximum atomic E-state index is 5.94. The molecule has 0 aliphatic heterocycles. The molecule has 0 saturated heterocycles. The molecule has 0 aliphatic rings. The van der Waals surface area contributed by atoms with Gasteiger partial charge in [0.2, 0.25) is 0 Å². The monoisotopic (exact) mass is 288 g/mol. The topological polar surface area (TPSA) is 52.0 Å². The summed E-state index contributed by atoms with van der Waals surface area (Å²) in [6.07, 6.45) is 7.22. The molecule has 0 unspecified atom stereocenters. The molecule has 2 heterocycles. The van der Waals surface area contributed by atoms with Crippen molar-refractivity contribution < 1.29 is 4.74 Å². The smallest absolute Gasteiger partial charge is 0.165 e. The van der Waals surface area contributed by atoms with E-state index >= 15 is 0 Å². The van der Waals surface area contributed by atoms with Gasteiger partial charge in [-0.1, -0.05) is 0 Å². The van der Waals surface area contributed by atoms with Gasteiger partial charge < -0.3 is 10.1 Å². The first-order valence-corrected chi connectivity index (χ1v) is 7.25. The molecule has 0 bridgehead atoms. The second-order valence-electron chi connectivity index (χ2n) is 6.44. The fourth-order valence-corrected chi connectivity index (χ4v) is 1.79. The number of pyridine rings is 1. The summed E-state index contributed by atoms with van der Waals surface area (Å²) in [6, 6.07) is 2.20. The maximum Gasteiger partial charge on any atom is 0.165 e. The Hall–Kier alpha value is -1.88. The molecule has 0 aliphatic carbocycles. The second kappa shape index (κ2) is 6.26. The third kappa shape index (κ3) is 4.56. The molecule has 0 fully saturated rings. The molecule has 0 saturated carbocycles. The first kappa shape index (κ1) is 15.5. The van der Waals surface area contributed by atoms with Crippen molar-refractivity contribution in [2.75, 3.05) is 0 Å². The average Bonchev–Trinajstić information content (AvgIpc) is 2.85. The summed E-state index contributed by atoms with van der Waals surface area (Å²) in [7, 11) is 0. The minimum absolute atomic E-state index is 0.0512. The summed E-state index contributed by atoms with van der Waals surface area (Å²) in [5, 5.41) is 7.73. The number of rotatable bonds is 5. The summed E-state index contributed by atoms with van der Waals surface area (Å²) in [5.74, 6) is 1.55. The zero-order valence-corrected chi connectivity index (χ0v) is 13.4. The van der Waals surface area contributed by atoms with Crippen molar-refractivity contribution in [2.45, 2.75) is 52.7 Å². The van der Waals surface area contributed by atoms with Crippen molar-refractivity contribution in [1.82, 2.24) is 20.1 Å². The van der Waals surface area contributed by atoms with Gasteiger partial charge in [-0.3, -0.25) is 9.67 Å². The third-order valence-electron chi connectivity index (χ3n) is 3.00. The Bertz CT molecular complexity index is 584. The maximum absolute atomic E-state index is 5.94. The molecule has 2 aromatic heterocycles. The van der Waals surface area contributed by atoms with Gasteiger partial charge in [-0.05, 0) is 40.7 Å². The minimum atomic E-state index is 0.0512. The Kier molecular flexibility index (Phi) is 4.63. The zero-order valence-electron chi connectivity index (χ0n) is 13.4. The highest BCUT2D eigenvalue weighted by Gasteiger charge is 2.12. The third-order valence-corrected chi connectivity index (χ3v) is 3.00. The van der Waals surface area contributed by atoms with Gasteiger partial charge in [-0.25, -0.2) is 0 Å². The Morgan fingerprint density at radius 1 is 1.29 bits per heavy atom. The Balaban J connectivity index is 2.12. The molecule has 21 heavy (non-hydrogen) atoms. The molecular formula is C16H24N4O. The summed E-state index contributed by atoms with van der Waals surface area (Å²) < 4.78 is 7.82. The molecule has 0 amide bonds. The molecule has 0 spiro atoms. The van der Waals surface area contributed by atoms with E-state index in [0.29, 0.717) is 12.6 Å². The van der Waals surface area contributed by atoms with Crippen LogP contribution in [0.5, 0.6) is 11.5 Å². The van der Waals surface area contributed by atoms with Crippen LogP contribution in [0.25, 0.3) is 0 Å². The molecule has 0 radical (unpaired) electrons. The van der Waals surface area contributed by atoms with E-state index in [-0.39, 0.29) is 5.54 Å². The van der Waals surface area contributed by atoms with Crippen molar-refractivity contribution in [3.63, 3.8) is 0 Å². The normalized spacial score (nSPS) is 11.9. The van der Waals surface area contributed by atoms with Crippen LogP contribution in [0.15, 0.2) is 30.9 Å². The lowest BCUT2D eigenvalue weighted by atomic mass is 10.1. The van der Waals surface area contributed by atoms with Crippen LogP contribution in [0.4, 0.5) is 0 Å². The van der Waals surface area contributed by atoms with Gasteiger partial charge in [0.1, 0.15) is 5.75 Å². The summed E-state index contributed by atoms with van der Waals surface area (Å²) >= 11 is 0. The molecule has 0 atom stereocenters. The van der Waals surface area contributed by atoms with Crippen LogP contribution in [-0.2, 0) is 6.54 Å². The highest BCUT2D eigenvalue weighted by Crippen LogP contribution is 2.25. The van der Waals surface area contributed by atoms with E-state index < -0.39 is 0 Å². The van der Waals surface area contributed by atoms with Crippen molar-refractivity contribution in [3.8, 4) is 11.5 Å². The average molecular weight is 288 g/mol. The summed E-state index contributed by atoms with van der Waals surface area (Å²) in [6.45, 7) is 11.3. The van der Waals surface area contributed by atoms with Gasteiger partial charge in [0, 0.05) is 36.1 Å². The first-order chi connectivity index (χ1) is 9.85. The predicted molar refractivity (Wildman–Crippen MR) is 83.5 cm³/mol. The van der Waals surface area contributed by atoms with E-state index in [9.17, 15) is 0 Å². The van der Waals surface area contributed by atoms with Crippen molar-refractivity contribution in [3.05, 3.63) is 36.4 Å². The quantitative estimate of drug-likeness (QED) is 0.914. The molecular weight excluding hydrogens is 264 g/mol. The van der Waals surface area contributed by atoms with Crippen LogP contribution >= 0.6 is 0 Å². The largest absolute Gasteiger partial charge is 0.454 e. The lowest BCUT2D eigenvalue weighted by molar-refractivity contribution is 0.413. The molecule has 5 heteroatoms. The van der Waals surface area contributed by atoms with Crippen LogP contribution in [0, 0.1) is 0 Å². The minimum Gasteiger partial charge on any atom is -0.454 e. The number of hydrogen-bond acceptors (Lipinski definition) is 4. The Labute approximate surface area is 126 Å². The highest BCUT2D eigenvalue weighted by atomic mass is 16.5. The lowest BCUT2D eigenvalue weighted by Gasteiger charge is -2.21. The standard InChI is InChI=1S/C16H24N4O/c1-12(2)20-11-14(10-19-20)21-15-6-7-17-8-13(15)9-18-16(3,4)5/h6-8,10-12,18H,9H2,1-5H3. The molecule has 2 aromatic rings. The van der Waals surface area contributed by atoms with Gasteiger partial charge in [0.15, 0.2) is 5.75 Å². The molecule has 114 valence electrons. The van der Waals surface area contributed by atoms with Crippen molar-refractivity contribution in [2.24, 2.45) is 0 Å². The summed E-state index contributed by atoms with van der Waals surface area (Å²) in [4.78, 5) is 4.18. The van der Waals surface area contributed by atoms with Crippen LogP contribution in [0.2, 0.25) is 0 Å². The molecule has 1 N–H and O–H groups in total. The van der Waals surface area contributed by atoms with E-state index in [4.69, 9.17) is 4.74 Å². The predicted octanol–water partition coefficient (Wildman–Crippen LogP) is 3.54. The van der Waals surface area contributed by atoms with Gasteiger partial charge in [-0.2, -0.15) is 5.10 Å². The molecule has 0 aromatic carbocycles. The van der Waals surface area contributed by atoms with Gasteiger partial charge in [-0.15, -0.1) is 0 Å². The molecule has 5 nitrogen and oxygen atoms in total. The second-order valence-corrected chi connectivity index (χ2v) is 6.44. The van der Waals surface area contributed by atoms with E-state index in [1.54, 1.807) is 12.4 Å². The van der Waals surface area contributed by atoms with E-state index in [0.717, 1.165) is 17.1 Å². The van der Waals surface area contributed by atoms with Crippen molar-refractivity contribution in [1.29, 1.82) is 0 Å². The fraction of sp³-hybridized carbons (Fsp3) is 0.500.